The molecule has 11 nitrogen and oxygen atoms in total. The van der Waals surface area contributed by atoms with Gasteiger partial charge in [0.05, 0.1) is 22.0 Å². The lowest BCUT2D eigenvalue weighted by Gasteiger charge is -2.64. The summed E-state index contributed by atoms with van der Waals surface area (Å²) in [5.41, 5.74) is 0.186. The third kappa shape index (κ3) is 3.90. The number of hydrogen-bond donors (Lipinski definition) is 4. The molecule has 4 bridgehead atoms. The first-order valence-corrected chi connectivity index (χ1v) is 21.0. The molecule has 1 unspecified atom stereocenters. The van der Waals surface area contributed by atoms with E-state index in [9.17, 15) is 25.2 Å². The number of hydrogen-bond acceptors (Lipinski definition) is 11. The molecule has 2 aromatic carbocycles. The Bertz CT molecular complexity index is 1810. The van der Waals surface area contributed by atoms with Gasteiger partial charge in [0.1, 0.15) is 24.4 Å². The number of nitrogens with zero attached hydrogens (tertiary/aromatic N) is 2. The van der Waals surface area contributed by atoms with E-state index in [1.165, 1.54) is 38.5 Å². The maximum Gasteiger partial charge on any atom is 0.509 e. The molecule has 2 spiro atoms. The molecule has 0 amide bonds. The number of ether oxygens (including phenoxy) is 4. The van der Waals surface area contributed by atoms with Crippen molar-refractivity contribution in [2.75, 3.05) is 26.2 Å². The zero-order valence-electron chi connectivity index (χ0n) is 30.9. The van der Waals surface area contributed by atoms with Crippen molar-refractivity contribution in [2.45, 2.75) is 148 Å². The fraction of sp³-hybridized carbons (Fsp3) is 0.698. The van der Waals surface area contributed by atoms with Crippen molar-refractivity contribution in [3.8, 4) is 23.0 Å². The zero-order valence-corrected chi connectivity index (χ0v) is 30.9. The van der Waals surface area contributed by atoms with Gasteiger partial charge >= 0.3 is 6.16 Å². The number of rotatable bonds is 6. The van der Waals surface area contributed by atoms with Crippen LogP contribution in [0.25, 0.3) is 0 Å². The largest absolute Gasteiger partial charge is 0.509 e. The van der Waals surface area contributed by atoms with Gasteiger partial charge in [0.2, 0.25) is 0 Å². The van der Waals surface area contributed by atoms with E-state index >= 15 is 0 Å². The van der Waals surface area contributed by atoms with Crippen LogP contribution < -0.4 is 9.47 Å². The van der Waals surface area contributed by atoms with Crippen molar-refractivity contribution in [3.63, 3.8) is 0 Å². The average Bonchev–Trinajstić information content (AvgIpc) is 3.65. The summed E-state index contributed by atoms with van der Waals surface area (Å²) in [4.78, 5) is 19.1. The molecule has 6 aliphatic carbocycles. The fourth-order valence-electron chi connectivity index (χ4n) is 14.1. The Balaban J connectivity index is 0.835. The summed E-state index contributed by atoms with van der Waals surface area (Å²) in [6, 6.07) is 7.22. The minimum Gasteiger partial charge on any atom is -0.504 e. The van der Waals surface area contributed by atoms with Gasteiger partial charge in [0.15, 0.2) is 23.0 Å². The topological polar surface area (TPSA) is 141 Å². The Morgan fingerprint density at radius 2 is 1.11 bits per heavy atom. The van der Waals surface area contributed by atoms with Gasteiger partial charge in [-0.2, -0.15) is 0 Å². The predicted molar refractivity (Wildman–Crippen MR) is 194 cm³/mol. The molecule has 2 saturated heterocycles. The van der Waals surface area contributed by atoms with Crippen LogP contribution in [-0.2, 0) is 33.1 Å². The monoisotopic (exact) mass is 740 g/mol. The van der Waals surface area contributed by atoms with Crippen molar-refractivity contribution >= 4 is 6.16 Å². The van der Waals surface area contributed by atoms with Gasteiger partial charge in [0.25, 0.3) is 0 Å². The van der Waals surface area contributed by atoms with Crippen LogP contribution in [0, 0.1) is 11.8 Å². The van der Waals surface area contributed by atoms with Crippen LogP contribution in [0.1, 0.15) is 99.3 Å². The van der Waals surface area contributed by atoms with E-state index in [0.29, 0.717) is 74.7 Å². The molecule has 0 aromatic heterocycles. The molecule has 11 heteroatoms. The molecule has 54 heavy (non-hydrogen) atoms. The van der Waals surface area contributed by atoms with Gasteiger partial charge in [-0.25, -0.2) is 4.79 Å². The number of benzene rings is 2. The quantitative estimate of drug-likeness (QED) is 0.309. The van der Waals surface area contributed by atoms with Gasteiger partial charge in [-0.15, -0.1) is 0 Å². The Labute approximate surface area is 315 Å². The number of aliphatic hydroxyl groups is 2. The summed E-state index contributed by atoms with van der Waals surface area (Å²) in [5, 5.41) is 48.0. The van der Waals surface area contributed by atoms with Crippen LogP contribution in [0.4, 0.5) is 4.79 Å². The van der Waals surface area contributed by atoms with Gasteiger partial charge in [-0.1, -0.05) is 25.0 Å². The van der Waals surface area contributed by atoms with Crippen LogP contribution in [0.2, 0.25) is 0 Å². The molecule has 10 aliphatic rings. The molecule has 4 aliphatic heterocycles. The van der Waals surface area contributed by atoms with Crippen molar-refractivity contribution in [1.29, 1.82) is 0 Å². The van der Waals surface area contributed by atoms with E-state index in [0.717, 1.165) is 48.4 Å². The third-order valence-electron chi connectivity index (χ3n) is 17.0. The maximum atomic E-state index is 14.1. The van der Waals surface area contributed by atoms with E-state index in [-0.39, 0.29) is 23.6 Å². The van der Waals surface area contributed by atoms with Crippen molar-refractivity contribution < 1.29 is 44.2 Å². The molecule has 6 fully saturated rings. The lowest BCUT2D eigenvalue weighted by Crippen LogP contribution is -2.77. The first kappa shape index (κ1) is 32.9. The Hall–Kier alpha value is -3.25. The Kier molecular flexibility index (Phi) is 6.70. The molecular formula is C43H52N2O9. The second kappa shape index (κ2) is 11.0. The predicted octanol–water partition coefficient (Wildman–Crippen LogP) is 4.60. The van der Waals surface area contributed by atoms with Crippen molar-refractivity contribution in [1.82, 2.24) is 9.80 Å². The summed E-state index contributed by atoms with van der Waals surface area (Å²) < 4.78 is 25.9. The molecule has 4 saturated carbocycles. The molecule has 4 heterocycles. The van der Waals surface area contributed by atoms with E-state index in [1.807, 2.05) is 12.1 Å². The van der Waals surface area contributed by atoms with E-state index < -0.39 is 52.6 Å². The second-order valence-corrected chi connectivity index (χ2v) is 18.9. The number of carbonyl (C=O) groups is 1. The summed E-state index contributed by atoms with van der Waals surface area (Å²) in [7, 11) is 0. The normalized spacial score (nSPS) is 42.5. The number of piperidine rings is 2. The number of phenols is 2. The Morgan fingerprint density at radius 1 is 0.667 bits per heavy atom. The van der Waals surface area contributed by atoms with Crippen LogP contribution in [-0.4, -0.2) is 110 Å². The zero-order chi connectivity index (χ0) is 36.4. The van der Waals surface area contributed by atoms with Crippen molar-refractivity contribution in [2.24, 2.45) is 11.8 Å². The standard InChI is InChI=1S/C43H52N2O9/c46-27-9-7-25-19-31-42(49)13-11-29(37-40(42,33(25)35(27)53-37)15-17-44(31)21-23-3-1-4-23)51-39(48)52-30-12-14-43(50)32-20-26-8-10-28(47)36-34(26)41(43,38(30)54-36)16-18-45(32)22-24-5-2-6-24/h7-10,23-24,29-32,37-38,46-47,49-50H,1-6,11-22H2/t29-,30-,31+,32?,37-,38-,40-,41-,42+,43+/m0/s1. The minimum atomic E-state index is -1.09. The summed E-state index contributed by atoms with van der Waals surface area (Å²) in [6.07, 6.45) is 8.41. The van der Waals surface area contributed by atoms with Gasteiger partial charge in [-0.05, 0) is 125 Å². The molecular weight excluding hydrogens is 688 g/mol. The third-order valence-corrected chi connectivity index (χ3v) is 17.0. The highest BCUT2D eigenvalue weighted by molar-refractivity contribution is 5.66. The molecule has 12 rings (SSSR count). The smallest absolute Gasteiger partial charge is 0.504 e. The van der Waals surface area contributed by atoms with Crippen LogP contribution in [0.15, 0.2) is 24.3 Å². The number of aromatic hydroxyl groups is 2. The van der Waals surface area contributed by atoms with Gasteiger partial charge in [-0.3, -0.25) is 9.80 Å². The van der Waals surface area contributed by atoms with Gasteiger partial charge in [0, 0.05) is 36.3 Å². The minimum absolute atomic E-state index is 0.0515. The highest BCUT2D eigenvalue weighted by Crippen LogP contribution is 2.68. The highest BCUT2D eigenvalue weighted by atomic mass is 16.7. The van der Waals surface area contributed by atoms with Crippen LogP contribution in [0.3, 0.4) is 0 Å². The molecule has 2 aromatic rings. The summed E-state index contributed by atoms with van der Waals surface area (Å²) in [5.74, 6) is 2.28. The van der Waals surface area contributed by atoms with Crippen LogP contribution in [0.5, 0.6) is 23.0 Å². The van der Waals surface area contributed by atoms with Gasteiger partial charge < -0.3 is 39.4 Å². The average molecular weight is 741 g/mol. The molecule has 10 atom stereocenters. The first-order valence-electron chi connectivity index (χ1n) is 21.0. The first-order chi connectivity index (χ1) is 26.1. The molecule has 4 N–H and O–H groups in total. The lowest BCUT2D eigenvalue weighted by molar-refractivity contribution is -0.221. The van der Waals surface area contributed by atoms with E-state index in [2.05, 4.69) is 9.80 Å². The summed E-state index contributed by atoms with van der Waals surface area (Å²) >= 11 is 0. The number of carbonyl (C=O) groups excluding carboxylic acids is 1. The lowest BCUT2D eigenvalue weighted by atomic mass is 9.48. The maximum absolute atomic E-state index is 14.1. The van der Waals surface area contributed by atoms with Crippen molar-refractivity contribution in [3.05, 3.63) is 46.5 Å². The number of phenolic OH excluding ortho intramolecular Hbond substituents is 2. The van der Waals surface area contributed by atoms with Crippen LogP contribution >= 0.6 is 0 Å². The second-order valence-electron chi connectivity index (χ2n) is 18.9. The SMILES string of the molecule is O=C(O[C@H]1CC[C@@]2(O)C3Cc4ccc(O)c5c4[C@@]2(CCN3CC2CCC2)[C@H]1O5)O[C@H]1CC[C@@]2(O)[C@H]3Cc4ccc(O)c5c4[C@@]2(CCN3CC2CCC2)[C@H]1O5. The summed E-state index contributed by atoms with van der Waals surface area (Å²) in [6.45, 7) is 3.61. The molecule has 288 valence electrons. The highest BCUT2D eigenvalue weighted by Gasteiger charge is 2.75. The number of likely N-dealkylation sites (tertiary alicyclic amines) is 2. The fourth-order valence-corrected chi connectivity index (χ4v) is 14.1. The molecule has 0 radical (unpaired) electrons. The Morgan fingerprint density at radius 3 is 1.52 bits per heavy atom. The van der Waals surface area contributed by atoms with E-state index in [4.69, 9.17) is 18.9 Å². The van der Waals surface area contributed by atoms with E-state index in [1.54, 1.807) is 12.1 Å².